The predicted molar refractivity (Wildman–Crippen MR) is 228 cm³/mol. The van der Waals surface area contributed by atoms with E-state index >= 15 is 0 Å². The van der Waals surface area contributed by atoms with Crippen molar-refractivity contribution in [1.82, 2.24) is 14.6 Å². The van der Waals surface area contributed by atoms with Gasteiger partial charge in [0.05, 0.1) is 30.0 Å². The van der Waals surface area contributed by atoms with Crippen LogP contribution >= 0.6 is 0 Å². The van der Waals surface area contributed by atoms with Gasteiger partial charge in [0.2, 0.25) is 12.2 Å². The second-order valence-electron chi connectivity index (χ2n) is 16.2. The van der Waals surface area contributed by atoms with Crippen LogP contribution in [0.2, 0.25) is 0 Å². The lowest BCUT2D eigenvalue weighted by molar-refractivity contribution is -0.172. The molecule has 2 heterocycles. The van der Waals surface area contributed by atoms with Gasteiger partial charge in [-0.05, 0) is 85.8 Å². The fraction of sp³-hybridized carbons (Fsp3) is 0.364. The van der Waals surface area contributed by atoms with Gasteiger partial charge in [-0.15, -0.1) is 5.10 Å². The molecule has 0 spiro atoms. The molecule has 2 aromatic heterocycles. The predicted octanol–water partition coefficient (Wildman–Crippen LogP) is 8.32. The van der Waals surface area contributed by atoms with Crippen LogP contribution in [0.5, 0.6) is 5.75 Å². The zero-order valence-corrected chi connectivity index (χ0v) is 36.9. The molecule has 5 aromatic rings. The van der Waals surface area contributed by atoms with Crippen LogP contribution in [-0.4, -0.2) is 72.2 Å². The highest BCUT2D eigenvalue weighted by Gasteiger charge is 2.33. The van der Waals surface area contributed by atoms with Crippen LogP contribution in [0.1, 0.15) is 67.9 Å². The molecule has 5 rings (SSSR count). The van der Waals surface area contributed by atoms with Gasteiger partial charge in [0.15, 0.2) is 15.5 Å². The van der Waals surface area contributed by atoms with Gasteiger partial charge in [0, 0.05) is 43.6 Å². The second kappa shape index (κ2) is 19.4. The van der Waals surface area contributed by atoms with Crippen LogP contribution in [0.3, 0.4) is 0 Å². The molecule has 0 fully saturated rings. The topological polar surface area (TPSA) is 185 Å². The summed E-state index contributed by atoms with van der Waals surface area (Å²) in [6, 6.07) is 20.3. The van der Waals surface area contributed by atoms with E-state index in [-0.39, 0.29) is 52.0 Å². The van der Waals surface area contributed by atoms with E-state index in [2.05, 4.69) is 15.4 Å². The maximum atomic E-state index is 13.8. The number of rotatable bonds is 11. The number of carbonyl (C=O) groups excluding carboxylic acids is 4. The maximum Gasteiger partial charge on any atom is 0.424 e. The zero-order valence-electron chi connectivity index (χ0n) is 36.1. The average molecular weight is 862 g/mol. The molecular formula is C44H52FN5O10S. The quantitative estimate of drug-likeness (QED) is 0.0991. The third kappa shape index (κ3) is 13.6. The number of ether oxygens (including phenoxy) is 4. The number of sulfone groups is 1. The Bertz CT molecular complexity index is 2480. The molecule has 0 saturated heterocycles. The Morgan fingerprint density at radius 3 is 2.03 bits per heavy atom. The van der Waals surface area contributed by atoms with Crippen molar-refractivity contribution in [2.24, 2.45) is 11.3 Å². The number of nitrogens with one attached hydrogen (secondary N) is 1. The largest absolute Gasteiger partial charge is 0.495 e. The van der Waals surface area contributed by atoms with Crippen LogP contribution in [-0.2, 0) is 44.9 Å². The number of fused-ring (bicyclic) bond motifs is 1. The van der Waals surface area contributed by atoms with Gasteiger partial charge in [-0.2, -0.15) is 4.98 Å². The van der Waals surface area contributed by atoms with Gasteiger partial charge >= 0.3 is 18.0 Å². The molecule has 3 aromatic carbocycles. The lowest BCUT2D eigenvalue weighted by Crippen LogP contribution is -2.35. The summed E-state index contributed by atoms with van der Waals surface area (Å²) in [6.45, 7) is 15.7. The second-order valence-corrected chi connectivity index (χ2v) is 18.2. The van der Waals surface area contributed by atoms with Gasteiger partial charge in [-0.25, -0.2) is 27.0 Å². The van der Waals surface area contributed by atoms with E-state index in [1.165, 1.54) is 55.8 Å². The molecule has 2 atom stereocenters. The Morgan fingerprint density at radius 2 is 1.49 bits per heavy atom. The molecule has 326 valence electrons. The highest BCUT2D eigenvalue weighted by Crippen LogP contribution is 2.36. The van der Waals surface area contributed by atoms with Crippen LogP contribution in [0, 0.1) is 17.2 Å². The number of halogens is 1. The van der Waals surface area contributed by atoms with E-state index in [9.17, 15) is 32.0 Å². The molecule has 15 nitrogen and oxygen atoms in total. The number of aromatic nitrogens is 3. The first-order chi connectivity index (χ1) is 28.3. The minimum absolute atomic E-state index is 0.0141. The van der Waals surface area contributed by atoms with E-state index < -0.39 is 39.5 Å². The first-order valence-corrected chi connectivity index (χ1v) is 21.0. The molecule has 0 aliphatic heterocycles. The molecule has 0 bridgehead atoms. The minimum Gasteiger partial charge on any atom is -0.495 e. The summed E-state index contributed by atoms with van der Waals surface area (Å²) in [5.74, 6) is -2.03. The smallest absolute Gasteiger partial charge is 0.424 e. The van der Waals surface area contributed by atoms with Crippen molar-refractivity contribution in [2.75, 3.05) is 23.6 Å². The van der Waals surface area contributed by atoms with Crippen molar-refractivity contribution in [1.29, 1.82) is 0 Å². The third-order valence-corrected chi connectivity index (χ3v) is 10.1. The molecule has 61 heavy (non-hydrogen) atoms. The third-order valence-electron chi connectivity index (χ3n) is 8.95. The number of anilines is 3. The summed E-state index contributed by atoms with van der Waals surface area (Å²) in [7, 11) is -2.31. The fourth-order valence-electron chi connectivity index (χ4n) is 5.51. The molecule has 1 unspecified atom stereocenters. The molecule has 1 N–H and O–H groups in total. The van der Waals surface area contributed by atoms with E-state index in [0.717, 1.165) is 22.3 Å². The normalized spacial score (nSPS) is 12.6. The first kappa shape index (κ1) is 47.3. The van der Waals surface area contributed by atoms with E-state index in [1.807, 2.05) is 53.7 Å². The van der Waals surface area contributed by atoms with Gasteiger partial charge in [-0.3, -0.25) is 14.4 Å². The van der Waals surface area contributed by atoms with Crippen molar-refractivity contribution >= 4 is 56.7 Å². The average Bonchev–Trinajstić information content (AvgIpc) is 3.57. The van der Waals surface area contributed by atoms with Crippen LogP contribution in [0.15, 0.2) is 90.0 Å². The zero-order chi connectivity index (χ0) is 45.4. The molecule has 0 aliphatic rings. The lowest BCUT2D eigenvalue weighted by Gasteiger charge is -2.27. The van der Waals surface area contributed by atoms with Crippen LogP contribution in [0.4, 0.5) is 26.5 Å². The number of pyridine rings is 1. The maximum absolute atomic E-state index is 13.8. The monoisotopic (exact) mass is 861 g/mol. The number of hydrogen-bond donors (Lipinski definition) is 1. The minimum atomic E-state index is -3.63. The molecule has 17 heteroatoms. The highest BCUT2D eigenvalue weighted by atomic mass is 32.2. The Morgan fingerprint density at radius 1 is 0.869 bits per heavy atom. The Labute approximate surface area is 355 Å². The Balaban J connectivity index is 0.000000929. The molecule has 2 amide bonds. The van der Waals surface area contributed by atoms with Crippen molar-refractivity contribution in [3.63, 3.8) is 0 Å². The van der Waals surface area contributed by atoms with Crippen molar-refractivity contribution in [3.8, 4) is 16.9 Å². The molecular weight excluding hydrogens is 810 g/mol. The fourth-order valence-corrected chi connectivity index (χ4v) is 6.14. The van der Waals surface area contributed by atoms with E-state index in [4.69, 9.17) is 18.9 Å². The number of carbonyl (C=O) groups is 4. The van der Waals surface area contributed by atoms with Gasteiger partial charge in [0.1, 0.15) is 17.2 Å². The number of esters is 2. The number of hydrogen-bond acceptors (Lipinski definition) is 12. The number of nitrogens with zero attached hydrogens (tertiary/aromatic N) is 4. The summed E-state index contributed by atoms with van der Waals surface area (Å²) in [5, 5.41) is 7.37. The number of amides is 2. The van der Waals surface area contributed by atoms with Crippen LogP contribution in [0.25, 0.3) is 16.8 Å². The SMILES string of the molecule is CC(=O)OC(C)(C)C.COc1cc(S(C)(=O)=O)ccc1N(C(=O)OC(C)OC(=O)[C@@H](C)C(C)(C)C)c1nc2ccc(-c3ccc(NC(=O)Cc4ccc(F)cc4)cc3)cn2n1. The molecule has 0 radical (unpaired) electrons. The number of benzene rings is 3. The Kier molecular flexibility index (Phi) is 15.0. The van der Waals surface area contributed by atoms with Crippen molar-refractivity contribution in [3.05, 3.63) is 96.4 Å². The summed E-state index contributed by atoms with van der Waals surface area (Å²) in [4.78, 5) is 54.9. The molecule has 0 aliphatic carbocycles. The Hall–Kier alpha value is -6.36. The van der Waals surface area contributed by atoms with E-state index in [0.29, 0.717) is 16.9 Å². The highest BCUT2D eigenvalue weighted by molar-refractivity contribution is 7.90. The summed E-state index contributed by atoms with van der Waals surface area (Å²) in [6.07, 6.45) is 0.504. The standard InChI is InChI=1S/C38H40FN5O8S.C6H12O2/c1-23(38(3,4)5)35(46)51-24(2)52-37(47)44(31-18-17-30(53(7,48)49)21-32(31)50-6)36-41-33-19-12-27(22-43(33)42-36)26-10-15-29(16-11-26)40-34(45)20-25-8-13-28(39)14-9-25;1-5(7)8-6(2,3)4/h8-19,21-24H,20H2,1-7H3,(H,40,45);1-4H3/t23-,24?;/m1./s1. The number of methoxy groups -OCH3 is 1. The molecule has 0 saturated carbocycles. The summed E-state index contributed by atoms with van der Waals surface area (Å²) in [5.41, 5.74) is 2.47. The van der Waals surface area contributed by atoms with Gasteiger partial charge in [0.25, 0.3) is 5.95 Å². The summed E-state index contributed by atoms with van der Waals surface area (Å²) < 4.78 is 60.5. The van der Waals surface area contributed by atoms with Crippen molar-refractivity contribution in [2.45, 2.75) is 85.5 Å². The van der Waals surface area contributed by atoms with Crippen LogP contribution < -0.4 is 15.0 Å². The van der Waals surface area contributed by atoms with Gasteiger partial charge < -0.3 is 24.3 Å². The van der Waals surface area contributed by atoms with E-state index in [1.54, 1.807) is 49.5 Å². The van der Waals surface area contributed by atoms with Gasteiger partial charge in [-0.1, -0.05) is 52.0 Å². The summed E-state index contributed by atoms with van der Waals surface area (Å²) >= 11 is 0. The first-order valence-electron chi connectivity index (χ1n) is 19.1. The lowest BCUT2D eigenvalue weighted by atomic mass is 9.82. The van der Waals surface area contributed by atoms with Crippen molar-refractivity contribution < 1.29 is 50.9 Å².